The number of aryl methyl sites for hydroxylation is 2. The topological polar surface area (TPSA) is 103 Å². The van der Waals surface area contributed by atoms with Gasteiger partial charge in [0.1, 0.15) is 5.82 Å². The van der Waals surface area contributed by atoms with Crippen molar-refractivity contribution in [3.8, 4) is 5.69 Å². The van der Waals surface area contributed by atoms with E-state index in [-0.39, 0.29) is 5.75 Å². The molecule has 0 saturated carbocycles. The van der Waals surface area contributed by atoms with Gasteiger partial charge in [-0.2, -0.15) is 0 Å². The highest BCUT2D eigenvalue weighted by molar-refractivity contribution is 7.99. The largest absolute Gasteiger partial charge is 0.351 e. The van der Waals surface area contributed by atoms with Crippen LogP contribution in [0.25, 0.3) is 5.69 Å². The summed E-state index contributed by atoms with van der Waals surface area (Å²) in [6.45, 7) is 3.84. The molecule has 0 unspecified atom stereocenters. The Morgan fingerprint density at radius 3 is 2.52 bits per heavy atom. The van der Waals surface area contributed by atoms with Crippen LogP contribution in [0.15, 0.2) is 29.4 Å². The molecule has 7 nitrogen and oxygen atoms in total. The van der Waals surface area contributed by atoms with Gasteiger partial charge in [0.2, 0.25) is 5.91 Å². The van der Waals surface area contributed by atoms with Crippen molar-refractivity contribution in [2.75, 3.05) is 5.75 Å². The molecule has 0 fully saturated rings. The number of nitrogens with one attached hydrogen (secondary N) is 1. The number of thioether (sulfide) groups is 1. The fourth-order valence-corrected chi connectivity index (χ4v) is 2.53. The summed E-state index contributed by atoms with van der Waals surface area (Å²) < 4.78 is 1.85. The zero-order valence-electron chi connectivity index (χ0n) is 11.7. The van der Waals surface area contributed by atoms with Gasteiger partial charge in [-0.15, -0.1) is 10.2 Å². The van der Waals surface area contributed by atoms with Gasteiger partial charge in [0, 0.05) is 5.69 Å². The molecular formula is C13H15N5O2S. The number of imide groups is 1. The van der Waals surface area contributed by atoms with Crippen LogP contribution in [0.1, 0.15) is 11.4 Å². The van der Waals surface area contributed by atoms with E-state index in [1.807, 2.05) is 48.0 Å². The standard InChI is InChI=1S/C13H15N5O2S/c1-8-3-5-10(6-4-8)18-9(2)16-17-13(18)21-7-11(19)15-12(14)20/h3-6H,7H2,1-2H3,(H3,14,15,19,20). The van der Waals surface area contributed by atoms with E-state index in [1.165, 1.54) is 11.8 Å². The van der Waals surface area contributed by atoms with Crippen molar-refractivity contribution in [1.29, 1.82) is 0 Å². The third kappa shape index (κ3) is 3.82. The molecule has 21 heavy (non-hydrogen) atoms. The first-order valence-corrected chi connectivity index (χ1v) is 7.17. The minimum atomic E-state index is -0.864. The molecule has 8 heteroatoms. The van der Waals surface area contributed by atoms with Crippen molar-refractivity contribution in [1.82, 2.24) is 20.1 Å². The van der Waals surface area contributed by atoms with Crippen LogP contribution in [0.3, 0.4) is 0 Å². The van der Waals surface area contributed by atoms with Crippen LogP contribution in [-0.2, 0) is 4.79 Å². The lowest BCUT2D eigenvalue weighted by atomic mass is 10.2. The molecule has 0 radical (unpaired) electrons. The van der Waals surface area contributed by atoms with Crippen molar-refractivity contribution in [3.05, 3.63) is 35.7 Å². The van der Waals surface area contributed by atoms with Gasteiger partial charge in [0.05, 0.1) is 5.75 Å². The molecule has 2 rings (SSSR count). The summed E-state index contributed by atoms with van der Waals surface area (Å²) >= 11 is 1.19. The lowest BCUT2D eigenvalue weighted by molar-refractivity contribution is -0.117. The Bertz CT molecular complexity index is 666. The molecule has 2 aromatic rings. The quantitative estimate of drug-likeness (QED) is 0.825. The Hall–Kier alpha value is -2.35. The van der Waals surface area contributed by atoms with Gasteiger partial charge in [-0.05, 0) is 26.0 Å². The Balaban J connectivity index is 2.16. The third-order valence-corrected chi connectivity index (χ3v) is 3.61. The molecule has 3 N–H and O–H groups in total. The molecule has 110 valence electrons. The summed E-state index contributed by atoms with van der Waals surface area (Å²) in [5.41, 5.74) is 6.96. The first-order chi connectivity index (χ1) is 9.97. The van der Waals surface area contributed by atoms with Crippen molar-refractivity contribution >= 4 is 23.7 Å². The smallest absolute Gasteiger partial charge is 0.318 e. The minimum absolute atomic E-state index is 0.0347. The monoisotopic (exact) mass is 305 g/mol. The van der Waals surface area contributed by atoms with Gasteiger partial charge in [-0.3, -0.25) is 14.7 Å². The van der Waals surface area contributed by atoms with E-state index < -0.39 is 11.9 Å². The highest BCUT2D eigenvalue weighted by atomic mass is 32.2. The van der Waals surface area contributed by atoms with Gasteiger partial charge in [0.15, 0.2) is 5.16 Å². The summed E-state index contributed by atoms with van der Waals surface area (Å²) in [4.78, 5) is 22.0. The number of nitrogens with two attached hydrogens (primary N) is 1. The lowest BCUT2D eigenvalue weighted by Gasteiger charge is -2.08. The second-order valence-electron chi connectivity index (χ2n) is 4.40. The molecule has 1 heterocycles. The molecule has 1 aromatic heterocycles. The molecule has 0 aliphatic rings. The van der Waals surface area contributed by atoms with Crippen molar-refractivity contribution in [2.24, 2.45) is 5.73 Å². The number of urea groups is 1. The summed E-state index contributed by atoms with van der Waals surface area (Å²) in [6.07, 6.45) is 0. The second kappa shape index (κ2) is 6.40. The maximum Gasteiger partial charge on any atom is 0.318 e. The first kappa shape index (κ1) is 15.0. The molecule has 0 aliphatic heterocycles. The number of benzene rings is 1. The summed E-state index contributed by atoms with van der Waals surface area (Å²) in [6, 6.07) is 7.03. The Kier molecular flexibility index (Phi) is 4.59. The van der Waals surface area contributed by atoms with Crippen molar-refractivity contribution in [2.45, 2.75) is 19.0 Å². The van der Waals surface area contributed by atoms with Crippen LogP contribution in [0.4, 0.5) is 4.79 Å². The van der Waals surface area contributed by atoms with Crippen molar-refractivity contribution in [3.63, 3.8) is 0 Å². The third-order valence-electron chi connectivity index (χ3n) is 2.68. The highest BCUT2D eigenvalue weighted by Crippen LogP contribution is 2.21. The van der Waals surface area contributed by atoms with Gasteiger partial charge in [0.25, 0.3) is 0 Å². The predicted octanol–water partition coefficient (Wildman–Crippen LogP) is 1.17. The van der Waals surface area contributed by atoms with E-state index in [2.05, 4.69) is 10.2 Å². The fourth-order valence-electron chi connectivity index (χ4n) is 1.73. The fraction of sp³-hybridized carbons (Fsp3) is 0.231. The SMILES string of the molecule is Cc1ccc(-n2c(C)nnc2SCC(=O)NC(N)=O)cc1. The molecule has 0 aliphatic carbocycles. The van der Waals surface area contributed by atoms with Crippen LogP contribution in [-0.4, -0.2) is 32.5 Å². The van der Waals surface area contributed by atoms with E-state index in [0.717, 1.165) is 17.1 Å². The number of rotatable bonds is 4. The van der Waals surface area contributed by atoms with Crippen LogP contribution in [0.2, 0.25) is 0 Å². The summed E-state index contributed by atoms with van der Waals surface area (Å²) in [5, 5.41) is 10.7. The van der Waals surface area contributed by atoms with Crippen LogP contribution >= 0.6 is 11.8 Å². The average Bonchev–Trinajstić information content (AvgIpc) is 2.78. The molecular weight excluding hydrogens is 290 g/mol. The average molecular weight is 305 g/mol. The molecule has 1 aromatic carbocycles. The Morgan fingerprint density at radius 1 is 1.24 bits per heavy atom. The Labute approximate surface area is 125 Å². The predicted molar refractivity (Wildman–Crippen MR) is 79.3 cm³/mol. The number of carbonyl (C=O) groups is 2. The number of amides is 3. The number of hydrogen-bond donors (Lipinski definition) is 2. The van der Waals surface area contributed by atoms with Crippen LogP contribution in [0, 0.1) is 13.8 Å². The lowest BCUT2D eigenvalue weighted by Crippen LogP contribution is -2.36. The van der Waals surface area contributed by atoms with Gasteiger partial charge in [-0.1, -0.05) is 29.5 Å². The normalized spacial score (nSPS) is 10.4. The Morgan fingerprint density at radius 2 is 1.90 bits per heavy atom. The number of aromatic nitrogens is 3. The maximum atomic E-state index is 11.4. The van der Waals surface area contributed by atoms with Gasteiger partial charge >= 0.3 is 6.03 Å². The van der Waals surface area contributed by atoms with E-state index in [4.69, 9.17) is 5.73 Å². The zero-order valence-corrected chi connectivity index (χ0v) is 12.5. The van der Waals surface area contributed by atoms with Crippen LogP contribution in [0.5, 0.6) is 0 Å². The summed E-state index contributed by atoms with van der Waals surface area (Å²) in [7, 11) is 0. The van der Waals surface area contributed by atoms with E-state index in [9.17, 15) is 9.59 Å². The minimum Gasteiger partial charge on any atom is -0.351 e. The molecule has 0 atom stereocenters. The molecule has 3 amide bonds. The second-order valence-corrected chi connectivity index (χ2v) is 5.34. The number of carbonyl (C=O) groups excluding carboxylic acids is 2. The van der Waals surface area contributed by atoms with Crippen molar-refractivity contribution < 1.29 is 9.59 Å². The number of nitrogens with zero attached hydrogens (tertiary/aromatic N) is 3. The van der Waals surface area contributed by atoms with E-state index in [0.29, 0.717) is 5.16 Å². The zero-order chi connectivity index (χ0) is 15.4. The number of hydrogen-bond acceptors (Lipinski definition) is 5. The first-order valence-electron chi connectivity index (χ1n) is 6.18. The molecule has 0 saturated heterocycles. The highest BCUT2D eigenvalue weighted by Gasteiger charge is 2.13. The van der Waals surface area contributed by atoms with Crippen LogP contribution < -0.4 is 11.1 Å². The summed E-state index contributed by atoms with van der Waals surface area (Å²) in [5.74, 6) is 0.285. The number of primary amides is 1. The maximum absolute atomic E-state index is 11.4. The molecule has 0 spiro atoms. The molecule has 0 bridgehead atoms. The van der Waals surface area contributed by atoms with Gasteiger partial charge < -0.3 is 5.73 Å². The van der Waals surface area contributed by atoms with E-state index in [1.54, 1.807) is 0 Å². The van der Waals surface area contributed by atoms with Gasteiger partial charge in [-0.25, -0.2) is 4.79 Å². The van der Waals surface area contributed by atoms with E-state index >= 15 is 0 Å².